The van der Waals surface area contributed by atoms with Gasteiger partial charge in [0.25, 0.3) is 0 Å². The minimum atomic E-state index is -0.340. The fourth-order valence-electron chi connectivity index (χ4n) is 2.02. The first-order valence-corrected chi connectivity index (χ1v) is 8.34. The van der Waals surface area contributed by atoms with E-state index in [4.69, 9.17) is 32.7 Å². The van der Waals surface area contributed by atoms with Crippen molar-refractivity contribution in [3.8, 4) is 11.5 Å². The summed E-state index contributed by atoms with van der Waals surface area (Å²) < 4.78 is 10.5. The minimum absolute atomic E-state index is 0.340. The Bertz CT molecular complexity index is 614. The van der Waals surface area contributed by atoms with Gasteiger partial charge in [-0.3, -0.25) is 0 Å². The topological polar surface area (TPSA) is 18.5 Å². The van der Waals surface area contributed by atoms with E-state index in [0.717, 1.165) is 11.1 Å². The molecule has 0 amide bonds. The van der Waals surface area contributed by atoms with Crippen LogP contribution in [0.4, 0.5) is 0 Å². The Morgan fingerprint density at radius 1 is 1.00 bits per heavy atom. The maximum Gasteiger partial charge on any atom is 0.162 e. The van der Waals surface area contributed by atoms with E-state index in [-0.39, 0.29) is 5.38 Å². The first kappa shape index (κ1) is 16.3. The Morgan fingerprint density at radius 3 is 2.10 bits per heavy atom. The van der Waals surface area contributed by atoms with Crippen LogP contribution >= 0.6 is 35.0 Å². The maximum absolute atomic E-state index is 6.57. The highest BCUT2D eigenvalue weighted by Crippen LogP contribution is 2.40. The van der Waals surface area contributed by atoms with Gasteiger partial charge in [-0.05, 0) is 35.6 Å². The summed E-state index contributed by atoms with van der Waals surface area (Å²) in [7, 11) is 3.17. The number of hydrogen-bond acceptors (Lipinski definition) is 3. The monoisotopic (exact) mass is 342 g/mol. The third-order valence-electron chi connectivity index (χ3n) is 3.18. The van der Waals surface area contributed by atoms with Crippen LogP contribution in [0.15, 0.2) is 41.3 Å². The molecule has 0 heterocycles. The van der Waals surface area contributed by atoms with Gasteiger partial charge in [-0.1, -0.05) is 23.7 Å². The Morgan fingerprint density at radius 2 is 1.57 bits per heavy atom. The van der Waals surface area contributed by atoms with Crippen molar-refractivity contribution in [3.63, 3.8) is 0 Å². The molecule has 0 aliphatic rings. The summed E-state index contributed by atoms with van der Waals surface area (Å²) >= 11 is 14.6. The van der Waals surface area contributed by atoms with E-state index >= 15 is 0 Å². The number of halogens is 2. The van der Waals surface area contributed by atoms with Crippen LogP contribution in [0.25, 0.3) is 0 Å². The highest BCUT2D eigenvalue weighted by Gasteiger charge is 2.18. The van der Waals surface area contributed by atoms with Crippen LogP contribution < -0.4 is 9.47 Å². The molecule has 2 aromatic rings. The second-order valence-corrected chi connectivity index (χ2v) is 6.09. The zero-order valence-electron chi connectivity index (χ0n) is 12.0. The lowest BCUT2D eigenvalue weighted by molar-refractivity contribution is 0.354. The number of hydrogen-bond donors (Lipinski definition) is 0. The van der Waals surface area contributed by atoms with Gasteiger partial charge in [0.15, 0.2) is 11.5 Å². The van der Waals surface area contributed by atoms with Crippen LogP contribution in [-0.4, -0.2) is 20.5 Å². The van der Waals surface area contributed by atoms with E-state index in [0.29, 0.717) is 16.5 Å². The van der Waals surface area contributed by atoms with Gasteiger partial charge in [-0.2, -0.15) is 0 Å². The van der Waals surface area contributed by atoms with Crippen LogP contribution in [-0.2, 0) is 0 Å². The van der Waals surface area contributed by atoms with Gasteiger partial charge in [0.05, 0.1) is 19.6 Å². The van der Waals surface area contributed by atoms with Gasteiger partial charge >= 0.3 is 0 Å². The fourth-order valence-corrected chi connectivity index (χ4v) is 3.07. The lowest BCUT2D eigenvalue weighted by atomic mass is 10.0. The second kappa shape index (κ2) is 7.30. The number of alkyl halides is 1. The highest BCUT2D eigenvalue weighted by atomic mass is 35.5. The molecule has 0 fully saturated rings. The molecule has 0 N–H and O–H groups in total. The third-order valence-corrected chi connectivity index (χ3v) is 4.74. The zero-order valence-corrected chi connectivity index (χ0v) is 14.4. The summed E-state index contributed by atoms with van der Waals surface area (Å²) in [4.78, 5) is 1.20. The van der Waals surface area contributed by atoms with Gasteiger partial charge < -0.3 is 9.47 Å². The van der Waals surface area contributed by atoms with Gasteiger partial charge in [-0.15, -0.1) is 23.4 Å². The first-order valence-electron chi connectivity index (χ1n) is 6.30. The first-order chi connectivity index (χ1) is 10.1. The molecule has 21 heavy (non-hydrogen) atoms. The molecule has 1 unspecified atom stereocenters. The lowest BCUT2D eigenvalue weighted by Crippen LogP contribution is -1.98. The molecular formula is C16H16Cl2O2S. The summed E-state index contributed by atoms with van der Waals surface area (Å²) in [6.45, 7) is 0. The standard InChI is InChI=1S/C16H16Cl2O2S/c1-19-14-8-12(13(17)9-15(14)20-2)16(18)10-4-6-11(21-3)7-5-10/h4-9,16H,1-3H3. The molecule has 112 valence electrons. The summed E-state index contributed by atoms with van der Waals surface area (Å²) in [6, 6.07) is 11.7. The van der Waals surface area contributed by atoms with Crippen molar-refractivity contribution in [1.29, 1.82) is 0 Å². The van der Waals surface area contributed by atoms with Crippen LogP contribution in [0.1, 0.15) is 16.5 Å². The molecule has 0 aliphatic carbocycles. The molecule has 0 spiro atoms. The fraction of sp³-hybridized carbons (Fsp3) is 0.250. The Balaban J connectivity index is 2.39. The number of thioether (sulfide) groups is 1. The van der Waals surface area contributed by atoms with E-state index in [1.54, 1.807) is 32.0 Å². The number of methoxy groups -OCH3 is 2. The summed E-state index contributed by atoms with van der Waals surface area (Å²) in [6.07, 6.45) is 2.04. The SMILES string of the molecule is COc1cc(Cl)c(C(Cl)c2ccc(SC)cc2)cc1OC. The van der Waals surface area contributed by atoms with Gasteiger partial charge in [0, 0.05) is 16.0 Å². The van der Waals surface area contributed by atoms with Crippen LogP contribution in [0, 0.1) is 0 Å². The van der Waals surface area contributed by atoms with Crippen molar-refractivity contribution in [1.82, 2.24) is 0 Å². The average Bonchev–Trinajstić information content (AvgIpc) is 2.54. The number of benzene rings is 2. The molecular weight excluding hydrogens is 327 g/mol. The molecule has 2 aromatic carbocycles. The van der Waals surface area contributed by atoms with E-state index in [1.165, 1.54) is 4.90 Å². The second-order valence-electron chi connectivity index (χ2n) is 4.36. The number of rotatable bonds is 5. The maximum atomic E-state index is 6.57. The zero-order chi connectivity index (χ0) is 15.4. The molecule has 0 aromatic heterocycles. The summed E-state index contributed by atoms with van der Waals surface area (Å²) in [5, 5.41) is 0.217. The molecule has 2 nitrogen and oxygen atoms in total. The molecule has 0 radical (unpaired) electrons. The van der Waals surface area contributed by atoms with E-state index in [1.807, 2.05) is 36.6 Å². The molecule has 0 saturated heterocycles. The number of ether oxygens (including phenoxy) is 2. The van der Waals surface area contributed by atoms with Gasteiger partial charge in [0.2, 0.25) is 0 Å². The molecule has 2 rings (SSSR count). The predicted octanol–water partition coefficient (Wildman–Crippen LogP) is 5.41. The highest BCUT2D eigenvalue weighted by molar-refractivity contribution is 7.98. The van der Waals surface area contributed by atoms with E-state index in [9.17, 15) is 0 Å². The Kier molecular flexibility index (Phi) is 5.68. The molecule has 0 saturated carbocycles. The van der Waals surface area contributed by atoms with Crippen LogP contribution in [0.3, 0.4) is 0 Å². The smallest absolute Gasteiger partial charge is 0.162 e. The van der Waals surface area contributed by atoms with Crippen molar-refractivity contribution in [2.75, 3.05) is 20.5 Å². The van der Waals surface area contributed by atoms with Crippen molar-refractivity contribution >= 4 is 35.0 Å². The van der Waals surface area contributed by atoms with Crippen molar-refractivity contribution in [2.24, 2.45) is 0 Å². The third kappa shape index (κ3) is 3.60. The van der Waals surface area contributed by atoms with E-state index in [2.05, 4.69) is 0 Å². The minimum Gasteiger partial charge on any atom is -0.493 e. The van der Waals surface area contributed by atoms with Gasteiger partial charge in [-0.25, -0.2) is 0 Å². The summed E-state index contributed by atoms with van der Waals surface area (Å²) in [5.74, 6) is 1.20. The van der Waals surface area contributed by atoms with Crippen molar-refractivity contribution in [2.45, 2.75) is 10.3 Å². The molecule has 5 heteroatoms. The summed E-state index contributed by atoms with van der Waals surface area (Å²) in [5.41, 5.74) is 1.79. The Labute approximate surface area is 139 Å². The lowest BCUT2D eigenvalue weighted by Gasteiger charge is -2.16. The van der Waals surface area contributed by atoms with Crippen LogP contribution in [0.5, 0.6) is 11.5 Å². The molecule has 0 bridgehead atoms. The van der Waals surface area contributed by atoms with Crippen molar-refractivity contribution in [3.05, 3.63) is 52.5 Å². The average molecular weight is 343 g/mol. The molecule has 0 aliphatic heterocycles. The Hall–Kier alpha value is -1.03. The normalized spacial score (nSPS) is 12.0. The quantitative estimate of drug-likeness (QED) is 0.534. The largest absolute Gasteiger partial charge is 0.493 e. The van der Waals surface area contributed by atoms with Crippen molar-refractivity contribution < 1.29 is 9.47 Å². The molecule has 1 atom stereocenters. The van der Waals surface area contributed by atoms with Gasteiger partial charge in [0.1, 0.15) is 0 Å². The van der Waals surface area contributed by atoms with Crippen LogP contribution in [0.2, 0.25) is 5.02 Å². The van der Waals surface area contributed by atoms with E-state index < -0.39 is 0 Å². The predicted molar refractivity (Wildman–Crippen MR) is 90.5 cm³/mol.